The first kappa shape index (κ1) is 24.1. The van der Waals surface area contributed by atoms with E-state index in [0.717, 1.165) is 0 Å². The minimum absolute atomic E-state index is 0.0261. The molecular weight excluding hydrogens is 424 g/mol. The number of carbonyl (C=O) groups is 2. The summed E-state index contributed by atoms with van der Waals surface area (Å²) in [6.07, 6.45) is 0. The number of ether oxygens (including phenoxy) is 3. The van der Waals surface area contributed by atoms with Gasteiger partial charge in [0.2, 0.25) is 0 Å². The molecule has 0 aromatic heterocycles. The third-order valence-corrected chi connectivity index (χ3v) is 5.47. The Hall–Kier alpha value is -3.52. The van der Waals surface area contributed by atoms with Crippen LogP contribution in [0.1, 0.15) is 24.1 Å². The van der Waals surface area contributed by atoms with Crippen LogP contribution in [0, 0.1) is 0 Å². The molecule has 8 heteroatoms. The molecule has 0 aliphatic carbocycles. The van der Waals surface area contributed by atoms with Crippen LogP contribution in [0.5, 0.6) is 17.2 Å². The lowest BCUT2D eigenvalue weighted by molar-refractivity contribution is -0.140. The first-order valence-corrected chi connectivity index (χ1v) is 10.7. The van der Waals surface area contributed by atoms with Crippen molar-refractivity contribution in [2.75, 3.05) is 48.0 Å². The molecule has 1 heterocycles. The van der Waals surface area contributed by atoms with Gasteiger partial charge in [-0.05, 0) is 50.8 Å². The lowest BCUT2D eigenvalue weighted by Gasteiger charge is -2.27. The van der Waals surface area contributed by atoms with Crippen molar-refractivity contribution in [3.8, 4) is 17.2 Å². The fraction of sp³-hybridized carbons (Fsp3) is 0.360. The van der Waals surface area contributed by atoms with E-state index in [1.807, 2.05) is 25.9 Å². The molecule has 2 aromatic rings. The molecule has 0 saturated carbocycles. The minimum atomic E-state index is -0.777. The summed E-state index contributed by atoms with van der Waals surface area (Å²) < 4.78 is 16.3. The monoisotopic (exact) mass is 454 g/mol. The summed E-state index contributed by atoms with van der Waals surface area (Å²) in [6, 6.07) is 11.2. The molecule has 176 valence electrons. The number of ketones is 1. The van der Waals surface area contributed by atoms with E-state index in [1.54, 1.807) is 42.5 Å². The average Bonchev–Trinajstić information content (AvgIpc) is 3.07. The molecule has 0 spiro atoms. The lowest BCUT2D eigenvalue weighted by atomic mass is 9.95. The molecule has 0 radical (unpaired) electrons. The van der Waals surface area contributed by atoms with Crippen molar-refractivity contribution in [2.45, 2.75) is 13.0 Å². The van der Waals surface area contributed by atoms with Crippen LogP contribution >= 0.6 is 0 Å². The number of hydrogen-bond donors (Lipinski definition) is 1. The summed E-state index contributed by atoms with van der Waals surface area (Å²) >= 11 is 0. The van der Waals surface area contributed by atoms with Gasteiger partial charge in [-0.3, -0.25) is 9.59 Å². The molecule has 1 saturated heterocycles. The van der Waals surface area contributed by atoms with Crippen LogP contribution in [0.15, 0.2) is 48.0 Å². The predicted octanol–water partition coefficient (Wildman–Crippen LogP) is 3.09. The van der Waals surface area contributed by atoms with Crippen LogP contribution in [-0.2, 0) is 9.59 Å². The number of likely N-dealkylation sites (tertiary alicyclic amines) is 1. The zero-order chi connectivity index (χ0) is 24.1. The summed E-state index contributed by atoms with van der Waals surface area (Å²) in [7, 11) is 6.83. The Kier molecular flexibility index (Phi) is 7.60. The third kappa shape index (κ3) is 4.96. The highest BCUT2D eigenvalue weighted by molar-refractivity contribution is 6.46. The molecule has 1 atom stereocenters. The third-order valence-electron chi connectivity index (χ3n) is 5.47. The number of nitrogens with zero attached hydrogens (tertiary/aromatic N) is 2. The molecule has 1 amide bonds. The van der Waals surface area contributed by atoms with Crippen molar-refractivity contribution in [2.24, 2.45) is 0 Å². The first-order valence-electron chi connectivity index (χ1n) is 10.7. The van der Waals surface area contributed by atoms with Gasteiger partial charge in [0.25, 0.3) is 11.7 Å². The number of hydrogen-bond acceptors (Lipinski definition) is 7. The van der Waals surface area contributed by atoms with Crippen LogP contribution < -0.4 is 14.2 Å². The van der Waals surface area contributed by atoms with Crippen molar-refractivity contribution in [1.82, 2.24) is 9.80 Å². The van der Waals surface area contributed by atoms with Gasteiger partial charge in [0.15, 0.2) is 11.5 Å². The van der Waals surface area contributed by atoms with E-state index in [9.17, 15) is 14.7 Å². The Labute approximate surface area is 194 Å². The van der Waals surface area contributed by atoms with E-state index >= 15 is 0 Å². The van der Waals surface area contributed by atoms with Gasteiger partial charge in [0, 0.05) is 18.7 Å². The van der Waals surface area contributed by atoms with Gasteiger partial charge in [0.05, 0.1) is 32.4 Å². The zero-order valence-corrected chi connectivity index (χ0v) is 19.6. The van der Waals surface area contributed by atoms with Gasteiger partial charge in [-0.1, -0.05) is 18.2 Å². The number of likely N-dealkylation sites (N-methyl/N-ethyl adjacent to an activating group) is 1. The van der Waals surface area contributed by atoms with Crippen molar-refractivity contribution < 1.29 is 28.9 Å². The molecule has 8 nitrogen and oxygen atoms in total. The SMILES string of the molecule is CCOc1ccc([C@H]2C(=C(O)c3cccc(OC)c3)C(=O)C(=O)N2CCN(C)C)cc1OC. The van der Waals surface area contributed by atoms with Crippen molar-refractivity contribution in [1.29, 1.82) is 0 Å². The van der Waals surface area contributed by atoms with Crippen LogP contribution in [0.2, 0.25) is 0 Å². The maximum absolute atomic E-state index is 13.1. The maximum Gasteiger partial charge on any atom is 0.295 e. The Balaban J connectivity index is 2.18. The summed E-state index contributed by atoms with van der Waals surface area (Å²) in [6.45, 7) is 3.20. The highest BCUT2D eigenvalue weighted by atomic mass is 16.5. The van der Waals surface area contributed by atoms with E-state index in [2.05, 4.69) is 0 Å². The van der Waals surface area contributed by atoms with Gasteiger partial charge in [-0.2, -0.15) is 0 Å². The lowest BCUT2D eigenvalue weighted by Crippen LogP contribution is -2.35. The molecule has 33 heavy (non-hydrogen) atoms. The zero-order valence-electron chi connectivity index (χ0n) is 19.6. The summed E-state index contributed by atoms with van der Waals surface area (Å²) in [5.41, 5.74) is 1.05. The summed E-state index contributed by atoms with van der Waals surface area (Å²) in [4.78, 5) is 29.6. The number of aliphatic hydroxyl groups excluding tert-OH is 1. The fourth-order valence-electron chi connectivity index (χ4n) is 3.82. The Morgan fingerprint density at radius 1 is 1.06 bits per heavy atom. The van der Waals surface area contributed by atoms with E-state index in [-0.39, 0.29) is 11.3 Å². The molecule has 2 aromatic carbocycles. The molecule has 0 bridgehead atoms. The van der Waals surface area contributed by atoms with Crippen LogP contribution in [0.3, 0.4) is 0 Å². The number of rotatable bonds is 9. The van der Waals surface area contributed by atoms with Crippen molar-refractivity contribution in [3.05, 3.63) is 59.2 Å². The molecule has 1 fully saturated rings. The number of amides is 1. The predicted molar refractivity (Wildman–Crippen MR) is 125 cm³/mol. The second kappa shape index (κ2) is 10.4. The normalized spacial score (nSPS) is 17.5. The van der Waals surface area contributed by atoms with Gasteiger partial charge in [-0.15, -0.1) is 0 Å². The van der Waals surface area contributed by atoms with Crippen LogP contribution in [0.25, 0.3) is 5.76 Å². The molecule has 1 aliphatic heterocycles. The standard InChI is InChI=1S/C25H30N2O6/c1-6-33-19-11-10-16(15-20(19)32-5)22-21(23(28)17-8-7-9-18(14-17)31-4)24(29)25(30)27(22)13-12-26(2)3/h7-11,14-15,22,28H,6,12-13H2,1-5H3/t22-/m0/s1. The van der Waals surface area contributed by atoms with Gasteiger partial charge < -0.3 is 29.1 Å². The average molecular weight is 455 g/mol. The molecule has 1 N–H and O–H groups in total. The number of benzene rings is 2. The molecular formula is C25H30N2O6. The number of methoxy groups -OCH3 is 2. The number of Topliss-reactive ketones (excluding diaryl/α,β-unsaturated/α-hetero) is 1. The molecule has 0 unspecified atom stereocenters. The van der Waals surface area contributed by atoms with Crippen LogP contribution in [-0.4, -0.2) is 74.6 Å². The fourth-order valence-corrected chi connectivity index (χ4v) is 3.82. The van der Waals surface area contributed by atoms with Crippen LogP contribution in [0.4, 0.5) is 0 Å². The van der Waals surface area contributed by atoms with E-state index < -0.39 is 17.7 Å². The smallest absolute Gasteiger partial charge is 0.295 e. The summed E-state index contributed by atoms with van der Waals surface area (Å²) in [5.74, 6) is -0.0700. The van der Waals surface area contributed by atoms with E-state index in [0.29, 0.717) is 48.1 Å². The molecule has 3 rings (SSSR count). The minimum Gasteiger partial charge on any atom is -0.507 e. The van der Waals surface area contributed by atoms with Gasteiger partial charge >= 0.3 is 0 Å². The van der Waals surface area contributed by atoms with E-state index in [4.69, 9.17) is 14.2 Å². The first-order chi connectivity index (χ1) is 15.8. The quantitative estimate of drug-likeness (QED) is 0.354. The Morgan fingerprint density at radius 3 is 2.45 bits per heavy atom. The number of aliphatic hydroxyl groups is 1. The Morgan fingerprint density at radius 2 is 1.82 bits per heavy atom. The second-order valence-electron chi connectivity index (χ2n) is 7.87. The maximum atomic E-state index is 13.1. The van der Waals surface area contributed by atoms with Gasteiger partial charge in [0.1, 0.15) is 11.5 Å². The highest BCUT2D eigenvalue weighted by Crippen LogP contribution is 2.42. The van der Waals surface area contributed by atoms with Crippen molar-refractivity contribution in [3.63, 3.8) is 0 Å². The van der Waals surface area contributed by atoms with Crippen molar-refractivity contribution >= 4 is 17.4 Å². The highest BCUT2D eigenvalue weighted by Gasteiger charge is 2.46. The van der Waals surface area contributed by atoms with E-state index in [1.165, 1.54) is 19.1 Å². The Bertz CT molecular complexity index is 1060. The summed E-state index contributed by atoms with van der Waals surface area (Å²) in [5, 5.41) is 11.2. The number of carbonyl (C=O) groups excluding carboxylic acids is 2. The second-order valence-corrected chi connectivity index (χ2v) is 7.87. The molecule has 1 aliphatic rings. The largest absolute Gasteiger partial charge is 0.507 e. The van der Waals surface area contributed by atoms with Gasteiger partial charge in [-0.25, -0.2) is 0 Å². The topological polar surface area (TPSA) is 88.5 Å².